The standard InChI is InChI=1S/C11H20O5/c1-3-11(13)16-8-7-15-6-4-5-10(12)9-14-2/h3-9H2,1-2H3. The third kappa shape index (κ3) is 9.61. The van der Waals surface area contributed by atoms with Crippen molar-refractivity contribution in [2.24, 2.45) is 0 Å². The highest BCUT2D eigenvalue weighted by Gasteiger charge is 2.01. The number of ketones is 1. The third-order valence-electron chi connectivity index (χ3n) is 1.83. The highest BCUT2D eigenvalue weighted by Crippen LogP contribution is 1.93. The number of rotatable bonds is 10. The predicted octanol–water partition coefficient (Wildman–Crippen LogP) is 0.952. The van der Waals surface area contributed by atoms with Crippen molar-refractivity contribution in [1.82, 2.24) is 0 Å². The zero-order chi connectivity index (χ0) is 12.2. The Morgan fingerprint density at radius 1 is 1.12 bits per heavy atom. The lowest BCUT2D eigenvalue weighted by atomic mass is 10.2. The maximum Gasteiger partial charge on any atom is 0.305 e. The molecule has 0 aromatic heterocycles. The Bertz CT molecular complexity index is 203. The number of ether oxygens (including phenoxy) is 3. The molecule has 0 saturated carbocycles. The molecule has 0 N–H and O–H groups in total. The summed E-state index contributed by atoms with van der Waals surface area (Å²) in [5, 5.41) is 0. The minimum atomic E-state index is -0.223. The number of hydrogen-bond acceptors (Lipinski definition) is 5. The smallest absolute Gasteiger partial charge is 0.305 e. The van der Waals surface area contributed by atoms with Crippen LogP contribution in [-0.4, -0.2) is 45.3 Å². The van der Waals surface area contributed by atoms with E-state index >= 15 is 0 Å². The average Bonchev–Trinajstić information content (AvgIpc) is 2.27. The third-order valence-corrected chi connectivity index (χ3v) is 1.83. The Morgan fingerprint density at radius 3 is 2.50 bits per heavy atom. The first kappa shape index (κ1) is 15.1. The second kappa shape index (κ2) is 10.6. The fourth-order valence-corrected chi connectivity index (χ4v) is 1.02. The van der Waals surface area contributed by atoms with Gasteiger partial charge in [-0.25, -0.2) is 0 Å². The monoisotopic (exact) mass is 232 g/mol. The minimum Gasteiger partial charge on any atom is -0.463 e. The molecule has 0 bridgehead atoms. The Hall–Kier alpha value is -0.940. The summed E-state index contributed by atoms with van der Waals surface area (Å²) in [7, 11) is 1.50. The molecule has 0 saturated heterocycles. The summed E-state index contributed by atoms with van der Waals surface area (Å²) in [6, 6.07) is 0. The van der Waals surface area contributed by atoms with Gasteiger partial charge < -0.3 is 14.2 Å². The van der Waals surface area contributed by atoms with Crippen LogP contribution in [0.1, 0.15) is 26.2 Å². The fraction of sp³-hybridized carbons (Fsp3) is 0.818. The molecule has 0 rings (SSSR count). The van der Waals surface area contributed by atoms with Crippen LogP contribution in [0.25, 0.3) is 0 Å². The van der Waals surface area contributed by atoms with Gasteiger partial charge >= 0.3 is 5.97 Å². The zero-order valence-corrected chi connectivity index (χ0v) is 9.99. The first-order valence-electron chi connectivity index (χ1n) is 5.44. The van der Waals surface area contributed by atoms with E-state index < -0.39 is 0 Å². The van der Waals surface area contributed by atoms with E-state index in [9.17, 15) is 9.59 Å². The van der Waals surface area contributed by atoms with Crippen LogP contribution in [0.5, 0.6) is 0 Å². The number of carbonyl (C=O) groups is 2. The molecule has 16 heavy (non-hydrogen) atoms. The van der Waals surface area contributed by atoms with Crippen LogP contribution >= 0.6 is 0 Å². The van der Waals surface area contributed by atoms with Crippen molar-refractivity contribution in [2.45, 2.75) is 26.2 Å². The minimum absolute atomic E-state index is 0.0727. The molecule has 0 spiro atoms. The molecule has 0 unspecified atom stereocenters. The fourth-order valence-electron chi connectivity index (χ4n) is 1.02. The van der Waals surface area contributed by atoms with Crippen molar-refractivity contribution in [3.8, 4) is 0 Å². The van der Waals surface area contributed by atoms with Gasteiger partial charge in [-0.2, -0.15) is 0 Å². The summed E-state index contributed by atoms with van der Waals surface area (Å²) >= 11 is 0. The number of Topliss-reactive ketones (excluding diaryl/α,β-unsaturated/α-hetero) is 1. The van der Waals surface area contributed by atoms with Crippen LogP contribution in [0, 0.1) is 0 Å². The van der Waals surface area contributed by atoms with Crippen LogP contribution in [0.4, 0.5) is 0 Å². The Labute approximate surface area is 96.1 Å². The summed E-state index contributed by atoms with van der Waals surface area (Å²) in [6.45, 7) is 3.06. The molecule has 0 atom stereocenters. The molecule has 5 nitrogen and oxygen atoms in total. The van der Waals surface area contributed by atoms with E-state index in [1.54, 1.807) is 6.92 Å². The molecule has 0 aliphatic rings. The van der Waals surface area contributed by atoms with Crippen LogP contribution in [-0.2, 0) is 23.8 Å². The van der Waals surface area contributed by atoms with Gasteiger partial charge in [-0.05, 0) is 6.42 Å². The van der Waals surface area contributed by atoms with E-state index in [-0.39, 0.29) is 25.0 Å². The molecule has 0 heterocycles. The Morgan fingerprint density at radius 2 is 1.88 bits per heavy atom. The first-order valence-corrected chi connectivity index (χ1v) is 5.44. The molecule has 0 aliphatic carbocycles. The Kier molecular flexibility index (Phi) is 9.95. The number of carbonyl (C=O) groups excluding carboxylic acids is 2. The highest BCUT2D eigenvalue weighted by atomic mass is 16.6. The molecule has 0 aromatic rings. The second-order valence-electron chi connectivity index (χ2n) is 3.26. The zero-order valence-electron chi connectivity index (χ0n) is 9.99. The lowest BCUT2D eigenvalue weighted by Crippen LogP contribution is -2.11. The summed E-state index contributed by atoms with van der Waals surface area (Å²) in [5.41, 5.74) is 0. The van der Waals surface area contributed by atoms with E-state index in [4.69, 9.17) is 14.2 Å². The van der Waals surface area contributed by atoms with Crippen LogP contribution in [0.2, 0.25) is 0 Å². The largest absolute Gasteiger partial charge is 0.463 e. The van der Waals surface area contributed by atoms with Gasteiger partial charge in [0.25, 0.3) is 0 Å². The van der Waals surface area contributed by atoms with Gasteiger partial charge in [0.1, 0.15) is 13.2 Å². The molecule has 94 valence electrons. The van der Waals surface area contributed by atoms with Gasteiger partial charge in [-0.15, -0.1) is 0 Å². The number of esters is 1. The number of hydrogen-bond donors (Lipinski definition) is 0. The molecule has 5 heteroatoms. The summed E-state index contributed by atoms with van der Waals surface area (Å²) in [5.74, 6) is -0.151. The van der Waals surface area contributed by atoms with E-state index in [0.29, 0.717) is 32.5 Å². The summed E-state index contributed by atoms with van der Waals surface area (Å²) in [4.78, 5) is 21.7. The van der Waals surface area contributed by atoms with Crippen molar-refractivity contribution in [3.63, 3.8) is 0 Å². The maximum atomic E-state index is 11.0. The van der Waals surface area contributed by atoms with Crippen LogP contribution in [0.3, 0.4) is 0 Å². The lowest BCUT2D eigenvalue weighted by Gasteiger charge is -2.04. The second-order valence-corrected chi connectivity index (χ2v) is 3.26. The Balaban J connectivity index is 3.15. The summed E-state index contributed by atoms with van der Waals surface area (Å²) in [6.07, 6.45) is 1.51. The predicted molar refractivity (Wildman–Crippen MR) is 58.2 cm³/mol. The summed E-state index contributed by atoms with van der Waals surface area (Å²) < 4.78 is 14.7. The normalized spacial score (nSPS) is 10.1. The molecule has 0 amide bonds. The van der Waals surface area contributed by atoms with Crippen molar-refractivity contribution >= 4 is 11.8 Å². The van der Waals surface area contributed by atoms with Crippen molar-refractivity contribution in [3.05, 3.63) is 0 Å². The lowest BCUT2D eigenvalue weighted by molar-refractivity contribution is -0.144. The quantitative estimate of drug-likeness (QED) is 0.414. The maximum absolute atomic E-state index is 11.0. The molecular formula is C11H20O5. The van der Waals surface area contributed by atoms with Crippen molar-refractivity contribution < 1.29 is 23.8 Å². The molecular weight excluding hydrogens is 212 g/mol. The first-order chi connectivity index (χ1) is 7.70. The van der Waals surface area contributed by atoms with Crippen molar-refractivity contribution in [2.75, 3.05) is 33.5 Å². The topological polar surface area (TPSA) is 61.8 Å². The van der Waals surface area contributed by atoms with Gasteiger partial charge in [0.2, 0.25) is 0 Å². The van der Waals surface area contributed by atoms with Gasteiger partial charge in [0, 0.05) is 26.6 Å². The van der Waals surface area contributed by atoms with Gasteiger partial charge in [-0.3, -0.25) is 9.59 Å². The van der Waals surface area contributed by atoms with E-state index in [0.717, 1.165) is 0 Å². The average molecular weight is 232 g/mol. The van der Waals surface area contributed by atoms with E-state index in [2.05, 4.69) is 0 Å². The van der Waals surface area contributed by atoms with E-state index in [1.165, 1.54) is 7.11 Å². The number of methoxy groups -OCH3 is 1. The SMILES string of the molecule is CCC(=O)OCCOCCCC(=O)COC. The molecule has 0 aliphatic heterocycles. The van der Waals surface area contributed by atoms with Crippen LogP contribution < -0.4 is 0 Å². The van der Waals surface area contributed by atoms with Gasteiger partial charge in [-0.1, -0.05) is 6.92 Å². The molecule has 0 aromatic carbocycles. The van der Waals surface area contributed by atoms with Crippen LogP contribution in [0.15, 0.2) is 0 Å². The highest BCUT2D eigenvalue weighted by molar-refractivity contribution is 5.79. The van der Waals surface area contributed by atoms with Gasteiger partial charge in [0.15, 0.2) is 5.78 Å². The van der Waals surface area contributed by atoms with Gasteiger partial charge in [0.05, 0.1) is 6.61 Å². The molecule has 0 fully saturated rings. The van der Waals surface area contributed by atoms with Crippen molar-refractivity contribution in [1.29, 1.82) is 0 Å². The van der Waals surface area contributed by atoms with E-state index in [1.807, 2.05) is 0 Å². The molecule has 0 radical (unpaired) electrons.